The summed E-state index contributed by atoms with van der Waals surface area (Å²) in [7, 11) is 0. The number of nitrogens with one attached hydrogen (secondary N) is 4. The highest BCUT2D eigenvalue weighted by atomic mass is 32.2. The van der Waals surface area contributed by atoms with Gasteiger partial charge in [0.15, 0.2) is 11.6 Å². The average molecular weight is 619 g/mol. The van der Waals surface area contributed by atoms with Crippen LogP contribution in [-0.4, -0.2) is 96.9 Å². The molecule has 0 radical (unpaired) electrons. The second kappa shape index (κ2) is 13.8. The molecule has 2 aliphatic rings. The number of aliphatic hydroxyl groups is 1. The van der Waals surface area contributed by atoms with Crippen LogP contribution in [0.3, 0.4) is 0 Å². The largest absolute Gasteiger partial charge is 0.395 e. The van der Waals surface area contributed by atoms with Crippen molar-refractivity contribution in [3.8, 4) is 0 Å². The van der Waals surface area contributed by atoms with E-state index in [4.69, 9.17) is 10.1 Å². The van der Waals surface area contributed by atoms with Gasteiger partial charge in [-0.05, 0) is 94.3 Å². The summed E-state index contributed by atoms with van der Waals surface area (Å²) >= 11 is 1.38. The first-order valence-electron chi connectivity index (χ1n) is 15.1. The van der Waals surface area contributed by atoms with E-state index in [0.29, 0.717) is 40.2 Å². The second-order valence-corrected chi connectivity index (χ2v) is 12.4. The molecule has 6 rings (SSSR count). The molecule has 2 amide bonds. The fourth-order valence-corrected chi connectivity index (χ4v) is 6.46. The highest BCUT2D eigenvalue weighted by Gasteiger charge is 2.25. The molecule has 5 heterocycles. The van der Waals surface area contributed by atoms with Gasteiger partial charge in [-0.25, -0.2) is 9.50 Å². The maximum Gasteiger partial charge on any atom is 0.238 e. The highest BCUT2D eigenvalue weighted by Crippen LogP contribution is 2.30. The van der Waals surface area contributed by atoms with Gasteiger partial charge in [-0.2, -0.15) is 5.10 Å². The summed E-state index contributed by atoms with van der Waals surface area (Å²) in [5.41, 5.74) is 2.95. The average Bonchev–Trinajstić information content (AvgIpc) is 3.74. The predicted octanol–water partition coefficient (Wildman–Crippen LogP) is 3.48. The quantitative estimate of drug-likeness (QED) is 0.169. The Kier molecular flexibility index (Phi) is 9.40. The molecule has 0 bridgehead atoms. The Morgan fingerprint density at radius 1 is 1.00 bits per heavy atom. The van der Waals surface area contributed by atoms with Crippen molar-refractivity contribution >= 4 is 52.1 Å². The number of nitrogens with zero attached hydrogens (tertiary/aromatic N) is 6. The van der Waals surface area contributed by atoms with Crippen LogP contribution in [0.2, 0.25) is 0 Å². The molecule has 2 saturated heterocycles. The smallest absolute Gasteiger partial charge is 0.238 e. The second-order valence-electron chi connectivity index (χ2n) is 11.4. The molecule has 44 heavy (non-hydrogen) atoms. The topological polar surface area (TPSA) is 156 Å². The standard InChI is InChI=1S/C30H38N10O3S/c1-20-14-26(36-35-20)33-29-25-15-22(32-27(42)17-38-11-3-2-4-12-38)16-40(25)37-30(34-29)44-24-9-7-21(8-10-24)31-28(43)18-39-13-5-6-23(39)19-41/h7-10,14-16,23,41H,2-6,11-13,17-19H2,1H3,(H,31,43)(H,32,42)(H2,33,34,35,36,37)/t23-/m1/s1. The van der Waals surface area contributed by atoms with Crippen LogP contribution in [-0.2, 0) is 9.59 Å². The van der Waals surface area contributed by atoms with E-state index in [1.807, 2.05) is 48.2 Å². The Labute approximate surface area is 259 Å². The van der Waals surface area contributed by atoms with Gasteiger partial charge in [-0.3, -0.25) is 24.5 Å². The van der Waals surface area contributed by atoms with Crippen LogP contribution in [0.5, 0.6) is 0 Å². The van der Waals surface area contributed by atoms with Crippen molar-refractivity contribution in [2.24, 2.45) is 0 Å². The fourth-order valence-electron chi connectivity index (χ4n) is 5.71. The molecular weight excluding hydrogens is 580 g/mol. The maximum atomic E-state index is 12.8. The molecule has 5 N–H and O–H groups in total. The molecule has 1 aromatic carbocycles. The van der Waals surface area contributed by atoms with Crippen molar-refractivity contribution in [3.05, 3.63) is 48.3 Å². The molecule has 1 atom stereocenters. The Morgan fingerprint density at radius 2 is 1.77 bits per heavy atom. The Hall–Kier alpha value is -3.98. The van der Waals surface area contributed by atoms with Crippen molar-refractivity contribution in [3.63, 3.8) is 0 Å². The van der Waals surface area contributed by atoms with Gasteiger partial charge in [0.25, 0.3) is 0 Å². The summed E-state index contributed by atoms with van der Waals surface area (Å²) in [5, 5.41) is 31.2. The lowest BCUT2D eigenvalue weighted by molar-refractivity contribution is -0.118. The van der Waals surface area contributed by atoms with Crippen LogP contribution in [0.4, 0.5) is 23.0 Å². The first-order valence-corrected chi connectivity index (χ1v) is 15.9. The number of carbonyl (C=O) groups is 2. The zero-order valence-electron chi connectivity index (χ0n) is 24.8. The lowest BCUT2D eigenvalue weighted by Gasteiger charge is -2.25. The number of aromatic nitrogens is 5. The Balaban J connectivity index is 1.16. The molecule has 13 nitrogen and oxygen atoms in total. The zero-order valence-corrected chi connectivity index (χ0v) is 25.6. The van der Waals surface area contributed by atoms with Crippen molar-refractivity contribution in [2.45, 2.75) is 55.1 Å². The van der Waals surface area contributed by atoms with Crippen LogP contribution < -0.4 is 16.0 Å². The number of aliphatic hydroxyl groups excluding tert-OH is 1. The van der Waals surface area contributed by atoms with E-state index in [9.17, 15) is 14.7 Å². The van der Waals surface area contributed by atoms with Gasteiger partial charge in [-0.1, -0.05) is 6.42 Å². The monoisotopic (exact) mass is 618 g/mol. The Bertz CT molecular complexity index is 1600. The van der Waals surface area contributed by atoms with Crippen LogP contribution in [0.25, 0.3) is 5.52 Å². The molecule has 4 aromatic rings. The number of hydrogen-bond donors (Lipinski definition) is 5. The third kappa shape index (κ3) is 7.56. The van der Waals surface area contributed by atoms with Crippen molar-refractivity contribution in [2.75, 3.05) is 55.3 Å². The van der Waals surface area contributed by atoms with Crippen molar-refractivity contribution in [1.82, 2.24) is 34.6 Å². The van der Waals surface area contributed by atoms with E-state index in [1.165, 1.54) is 18.2 Å². The number of aromatic amines is 1. The van der Waals surface area contributed by atoms with E-state index in [1.54, 1.807) is 10.7 Å². The number of fused-ring (bicyclic) bond motifs is 1. The third-order valence-corrected chi connectivity index (χ3v) is 8.76. The number of rotatable bonds is 11. The molecule has 3 aromatic heterocycles. The van der Waals surface area contributed by atoms with Crippen LogP contribution in [0.1, 0.15) is 37.8 Å². The number of carbonyl (C=O) groups excluding carboxylic acids is 2. The van der Waals surface area contributed by atoms with Gasteiger partial charge in [-0.15, -0.1) is 5.10 Å². The van der Waals surface area contributed by atoms with E-state index in [2.05, 4.69) is 31.0 Å². The minimum Gasteiger partial charge on any atom is -0.395 e. The van der Waals surface area contributed by atoms with E-state index in [0.717, 1.165) is 55.9 Å². The predicted molar refractivity (Wildman–Crippen MR) is 169 cm³/mol. The van der Waals surface area contributed by atoms with Gasteiger partial charge in [0.2, 0.25) is 17.0 Å². The molecule has 14 heteroatoms. The van der Waals surface area contributed by atoms with Gasteiger partial charge in [0, 0.05) is 28.4 Å². The highest BCUT2D eigenvalue weighted by molar-refractivity contribution is 7.99. The third-order valence-electron chi connectivity index (χ3n) is 7.90. The van der Waals surface area contributed by atoms with E-state index < -0.39 is 0 Å². The summed E-state index contributed by atoms with van der Waals surface area (Å²) in [6.45, 7) is 5.35. The van der Waals surface area contributed by atoms with Gasteiger partial charge in [0.05, 0.1) is 31.6 Å². The molecule has 0 saturated carbocycles. The van der Waals surface area contributed by atoms with Crippen molar-refractivity contribution in [1.29, 1.82) is 0 Å². The van der Waals surface area contributed by atoms with Gasteiger partial charge in [0.1, 0.15) is 5.52 Å². The minimum atomic E-state index is -0.102. The molecule has 2 fully saturated rings. The van der Waals surface area contributed by atoms with Gasteiger partial charge < -0.3 is 21.1 Å². The number of anilines is 4. The summed E-state index contributed by atoms with van der Waals surface area (Å²) in [6, 6.07) is 11.3. The summed E-state index contributed by atoms with van der Waals surface area (Å²) in [6.07, 6.45) is 7.18. The zero-order chi connectivity index (χ0) is 30.5. The number of amides is 2. The lowest BCUT2D eigenvalue weighted by Crippen LogP contribution is -2.38. The summed E-state index contributed by atoms with van der Waals surface area (Å²) in [4.78, 5) is 35.3. The normalized spacial score (nSPS) is 17.6. The van der Waals surface area contributed by atoms with E-state index >= 15 is 0 Å². The number of likely N-dealkylation sites (tertiary alicyclic amines) is 2. The molecule has 232 valence electrons. The molecular formula is C30H38N10O3S. The van der Waals surface area contributed by atoms with E-state index in [-0.39, 0.29) is 31.0 Å². The molecule has 0 unspecified atom stereocenters. The number of hydrogen-bond acceptors (Lipinski definition) is 10. The number of aryl methyl sites for hydroxylation is 1. The van der Waals surface area contributed by atoms with Crippen LogP contribution in [0, 0.1) is 6.92 Å². The fraction of sp³-hybridized carbons (Fsp3) is 0.433. The molecule has 2 aliphatic heterocycles. The Morgan fingerprint density at radius 3 is 2.52 bits per heavy atom. The molecule has 0 spiro atoms. The molecule has 0 aliphatic carbocycles. The summed E-state index contributed by atoms with van der Waals surface area (Å²) in [5.74, 6) is 1.02. The number of H-pyrrole nitrogens is 1. The SMILES string of the molecule is Cc1cc(Nc2nc(Sc3ccc(NC(=O)CN4CCC[C@@H]4CO)cc3)nn3cc(NC(=O)CN4CCCCC4)cc23)n[nH]1. The first kappa shape index (κ1) is 30.1. The minimum absolute atomic E-state index is 0.0522. The van der Waals surface area contributed by atoms with Crippen LogP contribution >= 0.6 is 11.8 Å². The summed E-state index contributed by atoms with van der Waals surface area (Å²) < 4.78 is 1.71. The van der Waals surface area contributed by atoms with Gasteiger partial charge >= 0.3 is 0 Å². The van der Waals surface area contributed by atoms with Crippen LogP contribution in [0.15, 0.2) is 52.6 Å². The number of benzene rings is 1. The lowest BCUT2D eigenvalue weighted by atomic mass is 10.1. The maximum absolute atomic E-state index is 12.8. The number of piperidine rings is 1. The van der Waals surface area contributed by atoms with Crippen molar-refractivity contribution < 1.29 is 14.7 Å². The first-order chi connectivity index (χ1) is 21.4.